The second-order valence-electron chi connectivity index (χ2n) is 6.24. The first kappa shape index (κ1) is 17.4. The molecule has 0 aromatic heterocycles. The second kappa shape index (κ2) is 7.29. The first-order valence-electron chi connectivity index (χ1n) is 8.62. The van der Waals surface area contributed by atoms with Crippen molar-refractivity contribution in [3.63, 3.8) is 0 Å². The summed E-state index contributed by atoms with van der Waals surface area (Å²) in [6, 6.07) is 22.4. The maximum Gasteiger partial charge on any atom is 0.322 e. The summed E-state index contributed by atoms with van der Waals surface area (Å²) in [5.41, 5.74) is 4.78. The number of urea groups is 1. The van der Waals surface area contributed by atoms with Crippen LogP contribution in [-0.4, -0.2) is 18.2 Å². The zero-order valence-corrected chi connectivity index (χ0v) is 15.5. The van der Waals surface area contributed by atoms with Crippen LogP contribution in [0.15, 0.2) is 77.7 Å². The Balaban J connectivity index is 1.56. The van der Waals surface area contributed by atoms with Gasteiger partial charge < -0.3 is 5.32 Å². The molecule has 4 nitrogen and oxygen atoms in total. The van der Waals surface area contributed by atoms with E-state index >= 15 is 0 Å². The summed E-state index contributed by atoms with van der Waals surface area (Å²) in [7, 11) is 0. The van der Waals surface area contributed by atoms with Gasteiger partial charge in [0.2, 0.25) is 0 Å². The normalized spacial score (nSPS) is 12.2. The highest BCUT2D eigenvalue weighted by Crippen LogP contribution is 2.42. The minimum absolute atomic E-state index is 0.277. The monoisotopic (exact) mass is 374 g/mol. The lowest BCUT2D eigenvalue weighted by Gasteiger charge is -2.16. The van der Waals surface area contributed by atoms with E-state index in [9.17, 15) is 9.59 Å². The van der Waals surface area contributed by atoms with Gasteiger partial charge in [-0.3, -0.25) is 10.1 Å². The minimum atomic E-state index is -0.507. The number of fused-ring (bicyclic) bond motifs is 3. The Morgan fingerprint density at radius 1 is 0.815 bits per heavy atom. The number of imide groups is 1. The van der Waals surface area contributed by atoms with Crippen LogP contribution in [0.1, 0.15) is 27.5 Å². The van der Waals surface area contributed by atoms with Gasteiger partial charge in [-0.05, 0) is 40.6 Å². The number of rotatable bonds is 3. The van der Waals surface area contributed by atoms with Crippen LogP contribution >= 0.6 is 11.8 Å². The molecule has 0 radical (unpaired) electrons. The summed E-state index contributed by atoms with van der Waals surface area (Å²) in [6.07, 6.45) is 1.90. The molecule has 27 heavy (non-hydrogen) atoms. The quantitative estimate of drug-likeness (QED) is 0.658. The van der Waals surface area contributed by atoms with E-state index < -0.39 is 11.9 Å². The predicted octanol–water partition coefficient (Wildman–Crippen LogP) is 4.62. The Bertz CT molecular complexity index is 987. The van der Waals surface area contributed by atoms with Gasteiger partial charge in [-0.1, -0.05) is 60.7 Å². The molecule has 4 rings (SSSR count). The Morgan fingerprint density at radius 3 is 2.00 bits per heavy atom. The number of carbonyl (C=O) groups excluding carboxylic acids is 2. The molecule has 134 valence electrons. The molecule has 0 atom stereocenters. The number of thioether (sulfide) groups is 1. The summed E-state index contributed by atoms with van der Waals surface area (Å²) in [6.45, 7) is 0. The smallest absolute Gasteiger partial charge is 0.322 e. The van der Waals surface area contributed by atoms with Crippen molar-refractivity contribution in [3.05, 3.63) is 89.5 Å². The molecule has 1 aliphatic rings. The maximum absolute atomic E-state index is 12.6. The highest BCUT2D eigenvalue weighted by Gasteiger charge is 2.29. The summed E-state index contributed by atoms with van der Waals surface area (Å²) >= 11 is 1.47. The fourth-order valence-corrected chi connectivity index (χ4v) is 4.08. The number of carbonyl (C=O) groups is 2. The summed E-state index contributed by atoms with van der Waals surface area (Å²) in [5, 5.41) is 5.41. The molecule has 5 heteroatoms. The van der Waals surface area contributed by atoms with Crippen molar-refractivity contribution in [2.75, 3.05) is 6.26 Å². The van der Waals surface area contributed by atoms with E-state index in [0.717, 1.165) is 27.1 Å². The van der Waals surface area contributed by atoms with Crippen LogP contribution in [0.4, 0.5) is 4.79 Å². The zero-order chi connectivity index (χ0) is 18.8. The zero-order valence-electron chi connectivity index (χ0n) is 14.7. The lowest BCUT2D eigenvalue weighted by Crippen LogP contribution is -2.41. The molecular formula is C22H18N2O2S. The standard InChI is InChI=1S/C22H18N2O2S/c1-27-19-13-7-6-12-18(19)21(25)24-22(26)23-20-16-10-4-2-8-14(16)15-9-3-5-11-17(15)20/h2-13,20H,1H3,(H2,23,24,25,26). The summed E-state index contributed by atoms with van der Waals surface area (Å²) in [5.74, 6) is -0.406. The van der Waals surface area contributed by atoms with Gasteiger partial charge in [-0.15, -0.1) is 11.8 Å². The van der Waals surface area contributed by atoms with Crippen LogP contribution in [0, 0.1) is 0 Å². The Kier molecular flexibility index (Phi) is 4.69. The number of nitrogens with one attached hydrogen (secondary N) is 2. The third-order valence-electron chi connectivity index (χ3n) is 4.69. The van der Waals surface area contributed by atoms with Crippen LogP contribution in [-0.2, 0) is 0 Å². The van der Waals surface area contributed by atoms with E-state index in [1.54, 1.807) is 12.1 Å². The summed E-state index contributed by atoms with van der Waals surface area (Å²) < 4.78 is 0. The second-order valence-corrected chi connectivity index (χ2v) is 7.08. The van der Waals surface area contributed by atoms with Gasteiger partial charge in [0.1, 0.15) is 0 Å². The van der Waals surface area contributed by atoms with Gasteiger partial charge >= 0.3 is 6.03 Å². The lowest BCUT2D eigenvalue weighted by molar-refractivity contribution is 0.0960. The molecule has 2 N–H and O–H groups in total. The number of benzene rings is 3. The third-order valence-corrected chi connectivity index (χ3v) is 5.48. The van der Waals surface area contributed by atoms with Crippen molar-refractivity contribution in [1.82, 2.24) is 10.6 Å². The van der Waals surface area contributed by atoms with E-state index in [1.165, 1.54) is 11.8 Å². The number of amides is 3. The maximum atomic E-state index is 12.6. The van der Waals surface area contributed by atoms with Crippen molar-refractivity contribution in [2.24, 2.45) is 0 Å². The Morgan fingerprint density at radius 2 is 1.37 bits per heavy atom. The number of hydrogen-bond acceptors (Lipinski definition) is 3. The molecular weight excluding hydrogens is 356 g/mol. The Labute approximate surface area is 162 Å². The van der Waals surface area contributed by atoms with Crippen molar-refractivity contribution in [1.29, 1.82) is 0 Å². The lowest BCUT2D eigenvalue weighted by atomic mass is 10.1. The number of hydrogen-bond donors (Lipinski definition) is 2. The van der Waals surface area contributed by atoms with Crippen LogP contribution in [0.5, 0.6) is 0 Å². The van der Waals surface area contributed by atoms with Gasteiger partial charge in [0, 0.05) is 4.90 Å². The van der Waals surface area contributed by atoms with Crippen LogP contribution in [0.3, 0.4) is 0 Å². The van der Waals surface area contributed by atoms with Crippen molar-refractivity contribution < 1.29 is 9.59 Å². The Hall–Kier alpha value is -3.05. The molecule has 0 saturated carbocycles. The van der Waals surface area contributed by atoms with E-state index in [4.69, 9.17) is 0 Å². The van der Waals surface area contributed by atoms with Crippen molar-refractivity contribution in [3.8, 4) is 11.1 Å². The average molecular weight is 374 g/mol. The highest BCUT2D eigenvalue weighted by molar-refractivity contribution is 7.98. The van der Waals surface area contributed by atoms with Gasteiger partial charge in [-0.25, -0.2) is 4.79 Å². The van der Waals surface area contributed by atoms with Crippen LogP contribution < -0.4 is 10.6 Å². The first-order chi connectivity index (χ1) is 13.2. The molecule has 0 heterocycles. The van der Waals surface area contributed by atoms with Gasteiger partial charge in [0.05, 0.1) is 11.6 Å². The van der Waals surface area contributed by atoms with E-state index in [1.807, 2.05) is 66.9 Å². The molecule has 0 aliphatic heterocycles. The molecule has 0 bridgehead atoms. The molecule has 3 aromatic rings. The van der Waals surface area contributed by atoms with E-state index in [2.05, 4.69) is 10.6 Å². The summed E-state index contributed by atoms with van der Waals surface area (Å²) in [4.78, 5) is 25.9. The largest absolute Gasteiger partial charge is 0.327 e. The molecule has 3 amide bonds. The van der Waals surface area contributed by atoms with Gasteiger partial charge in [-0.2, -0.15) is 0 Å². The van der Waals surface area contributed by atoms with E-state index in [-0.39, 0.29) is 6.04 Å². The molecule has 0 unspecified atom stereocenters. The molecule has 0 saturated heterocycles. The van der Waals surface area contributed by atoms with Gasteiger partial charge in [0.25, 0.3) is 5.91 Å². The molecule has 0 spiro atoms. The third kappa shape index (κ3) is 3.22. The fraction of sp³-hybridized carbons (Fsp3) is 0.0909. The van der Waals surface area contributed by atoms with Crippen LogP contribution in [0.25, 0.3) is 11.1 Å². The van der Waals surface area contributed by atoms with Crippen LogP contribution in [0.2, 0.25) is 0 Å². The fourth-order valence-electron chi connectivity index (χ4n) is 3.48. The SMILES string of the molecule is CSc1ccccc1C(=O)NC(=O)NC1c2ccccc2-c2ccccc21. The van der Waals surface area contributed by atoms with E-state index in [0.29, 0.717) is 5.56 Å². The molecule has 3 aromatic carbocycles. The van der Waals surface area contributed by atoms with Gasteiger partial charge in [0.15, 0.2) is 0 Å². The molecule has 1 aliphatic carbocycles. The highest BCUT2D eigenvalue weighted by atomic mass is 32.2. The van der Waals surface area contributed by atoms with Crippen molar-refractivity contribution in [2.45, 2.75) is 10.9 Å². The molecule has 0 fully saturated rings. The minimum Gasteiger partial charge on any atom is -0.327 e. The van der Waals surface area contributed by atoms with Crippen molar-refractivity contribution >= 4 is 23.7 Å². The predicted molar refractivity (Wildman–Crippen MR) is 108 cm³/mol. The first-order valence-corrected chi connectivity index (χ1v) is 9.84. The average Bonchev–Trinajstić information content (AvgIpc) is 3.02. The topological polar surface area (TPSA) is 58.2 Å².